The van der Waals surface area contributed by atoms with Gasteiger partial charge < -0.3 is 34.7 Å². The summed E-state index contributed by atoms with van der Waals surface area (Å²) in [5.74, 6) is 3.00. The monoisotopic (exact) mass is 662 g/mol. The van der Waals surface area contributed by atoms with Crippen molar-refractivity contribution in [2.75, 3.05) is 23.5 Å². The third-order valence-corrected chi connectivity index (χ3v) is 9.27. The molecule has 2 amide bonds. The second kappa shape index (κ2) is 15.9. The van der Waals surface area contributed by atoms with Crippen molar-refractivity contribution in [3.63, 3.8) is 0 Å². The van der Waals surface area contributed by atoms with Crippen molar-refractivity contribution in [2.24, 2.45) is 5.92 Å². The minimum absolute atomic E-state index is 0.0142. The summed E-state index contributed by atoms with van der Waals surface area (Å²) in [6, 6.07) is 39.7. The number of urea groups is 1. The number of benzene rings is 5. The topological polar surface area (TPSA) is 98.3 Å². The highest BCUT2D eigenvalue weighted by Crippen LogP contribution is 2.43. The number of ether oxygens (including phenoxy) is 4. The molecule has 8 nitrogen and oxygen atoms in total. The second-order valence-corrected chi connectivity index (χ2v) is 12.5. The van der Waals surface area contributed by atoms with Gasteiger partial charge >= 0.3 is 6.03 Å². The molecule has 9 heteroatoms. The highest BCUT2D eigenvalue weighted by Gasteiger charge is 2.38. The van der Waals surface area contributed by atoms with Crippen LogP contribution < -0.4 is 20.1 Å². The van der Waals surface area contributed by atoms with Crippen LogP contribution >= 0.6 is 11.8 Å². The van der Waals surface area contributed by atoms with E-state index in [-0.39, 0.29) is 30.8 Å². The van der Waals surface area contributed by atoms with Gasteiger partial charge in [-0.25, -0.2) is 4.79 Å². The molecule has 1 heterocycles. The van der Waals surface area contributed by atoms with Crippen LogP contribution in [0.2, 0.25) is 0 Å². The Balaban J connectivity index is 1.11. The molecule has 1 aliphatic heterocycles. The quantitative estimate of drug-likeness (QED) is 0.121. The highest BCUT2D eigenvalue weighted by atomic mass is 32.2. The minimum Gasteiger partial charge on any atom is -0.496 e. The van der Waals surface area contributed by atoms with Crippen LogP contribution in [0.3, 0.4) is 0 Å². The molecule has 48 heavy (non-hydrogen) atoms. The number of amides is 2. The third-order valence-electron chi connectivity index (χ3n) is 8.13. The van der Waals surface area contributed by atoms with Gasteiger partial charge in [-0.05, 0) is 71.8 Å². The number of para-hydroxylation sites is 2. The SMILES string of the molecule is COc1ccccc1SC[C@@H]1O[C@H](c2ccc(NC(=O)Nc3ccc(Oc4ccccc4)cc3)cc2)O[C@H](c2ccc(CO)cc2)[C@@H]1C. The fraction of sp³-hybridized carbons (Fsp3) is 0.205. The molecule has 0 unspecified atom stereocenters. The van der Waals surface area contributed by atoms with Crippen LogP contribution in [0.15, 0.2) is 132 Å². The van der Waals surface area contributed by atoms with Crippen molar-refractivity contribution in [1.82, 2.24) is 0 Å². The van der Waals surface area contributed by atoms with Gasteiger partial charge in [-0.15, -0.1) is 11.8 Å². The standard InChI is InChI=1S/C39H38N2O6S/c1-26-35(25-48-36-11-7-6-10-34(36)44-2)46-38(47-37(26)28-14-12-27(24-42)13-15-28)29-16-18-30(19-17-29)40-39(43)41-31-20-22-33(23-21-31)45-32-8-4-3-5-9-32/h3-23,26,35,37-38,42H,24-25H2,1-2H3,(H2,40,41,43)/t26-,35+,37+,38+/m1/s1. The van der Waals surface area contributed by atoms with Gasteiger partial charge in [-0.3, -0.25) is 0 Å². The van der Waals surface area contributed by atoms with Gasteiger partial charge in [0.1, 0.15) is 17.2 Å². The molecule has 0 saturated carbocycles. The Morgan fingerprint density at radius 2 is 1.35 bits per heavy atom. The van der Waals surface area contributed by atoms with E-state index in [1.807, 2.05) is 103 Å². The van der Waals surface area contributed by atoms with Gasteiger partial charge in [0, 0.05) is 33.5 Å². The first-order chi connectivity index (χ1) is 23.5. The third kappa shape index (κ3) is 8.37. The molecule has 5 aromatic carbocycles. The van der Waals surface area contributed by atoms with Gasteiger partial charge in [-0.2, -0.15) is 0 Å². The maximum Gasteiger partial charge on any atom is 0.323 e. The molecule has 0 bridgehead atoms. The molecule has 0 spiro atoms. The maximum atomic E-state index is 12.8. The average molecular weight is 663 g/mol. The van der Waals surface area contributed by atoms with Crippen molar-refractivity contribution >= 4 is 29.2 Å². The molecule has 1 aliphatic rings. The number of methoxy groups -OCH3 is 1. The van der Waals surface area contributed by atoms with Gasteiger partial charge in [0.25, 0.3) is 0 Å². The van der Waals surface area contributed by atoms with E-state index >= 15 is 0 Å². The molecule has 0 radical (unpaired) electrons. The minimum atomic E-state index is -0.619. The summed E-state index contributed by atoms with van der Waals surface area (Å²) in [6.07, 6.45) is -0.978. The van der Waals surface area contributed by atoms with Crippen LogP contribution in [0.1, 0.15) is 36.0 Å². The summed E-state index contributed by atoms with van der Waals surface area (Å²) in [5.41, 5.74) is 3.97. The van der Waals surface area contributed by atoms with Crippen molar-refractivity contribution in [2.45, 2.75) is 36.9 Å². The molecule has 0 aliphatic carbocycles. The lowest BCUT2D eigenvalue weighted by Gasteiger charge is -2.41. The number of nitrogens with one attached hydrogen (secondary N) is 2. The van der Waals surface area contributed by atoms with Crippen LogP contribution in [-0.2, 0) is 16.1 Å². The summed E-state index contributed by atoms with van der Waals surface area (Å²) in [7, 11) is 1.68. The summed E-state index contributed by atoms with van der Waals surface area (Å²) in [4.78, 5) is 13.8. The van der Waals surface area contributed by atoms with E-state index in [1.165, 1.54) is 0 Å². The zero-order valence-electron chi connectivity index (χ0n) is 26.7. The fourth-order valence-corrected chi connectivity index (χ4v) is 6.66. The zero-order chi connectivity index (χ0) is 33.3. The first-order valence-electron chi connectivity index (χ1n) is 15.8. The number of hydrogen-bond donors (Lipinski definition) is 3. The average Bonchev–Trinajstić information content (AvgIpc) is 3.13. The van der Waals surface area contributed by atoms with Gasteiger partial charge in [-0.1, -0.05) is 73.7 Å². The summed E-state index contributed by atoms with van der Waals surface area (Å²) in [6.45, 7) is 2.13. The van der Waals surface area contributed by atoms with Crippen LogP contribution in [-0.4, -0.2) is 30.1 Å². The van der Waals surface area contributed by atoms with Crippen LogP contribution in [0, 0.1) is 5.92 Å². The van der Waals surface area contributed by atoms with Crippen LogP contribution in [0.5, 0.6) is 17.2 Å². The van der Waals surface area contributed by atoms with Gasteiger partial charge in [0.15, 0.2) is 6.29 Å². The number of carbonyl (C=O) groups excluding carboxylic acids is 1. The van der Waals surface area contributed by atoms with E-state index in [4.69, 9.17) is 18.9 Å². The van der Waals surface area contributed by atoms with E-state index < -0.39 is 6.29 Å². The van der Waals surface area contributed by atoms with Crippen LogP contribution in [0.25, 0.3) is 0 Å². The van der Waals surface area contributed by atoms with E-state index in [0.29, 0.717) is 22.9 Å². The summed E-state index contributed by atoms with van der Waals surface area (Å²) in [5, 5.41) is 15.3. The van der Waals surface area contributed by atoms with Crippen molar-refractivity contribution in [3.8, 4) is 17.2 Å². The summed E-state index contributed by atoms with van der Waals surface area (Å²) >= 11 is 1.69. The van der Waals surface area contributed by atoms with E-state index in [0.717, 1.165) is 33.1 Å². The molecule has 0 aromatic heterocycles. The number of carbonyl (C=O) groups is 1. The number of aliphatic hydroxyl groups is 1. The molecule has 5 aromatic rings. The largest absolute Gasteiger partial charge is 0.496 e. The Morgan fingerprint density at radius 3 is 2.02 bits per heavy atom. The van der Waals surface area contributed by atoms with E-state index in [1.54, 1.807) is 43.1 Å². The Bertz CT molecular complexity index is 1770. The van der Waals surface area contributed by atoms with Crippen LogP contribution in [0.4, 0.5) is 16.2 Å². The zero-order valence-corrected chi connectivity index (χ0v) is 27.6. The molecule has 1 fully saturated rings. The first-order valence-corrected chi connectivity index (χ1v) is 16.7. The van der Waals surface area contributed by atoms with Crippen molar-refractivity contribution < 1.29 is 28.8 Å². The fourth-order valence-electron chi connectivity index (χ4n) is 5.47. The number of hydrogen-bond acceptors (Lipinski definition) is 7. The van der Waals surface area contributed by atoms with E-state index in [9.17, 15) is 9.90 Å². The predicted molar refractivity (Wildman–Crippen MR) is 189 cm³/mol. The number of aliphatic hydroxyl groups excluding tert-OH is 1. The molecular formula is C39H38N2O6S. The number of thioether (sulfide) groups is 1. The van der Waals surface area contributed by atoms with Crippen molar-refractivity contribution in [3.05, 3.63) is 144 Å². The van der Waals surface area contributed by atoms with Gasteiger partial charge in [0.2, 0.25) is 0 Å². The van der Waals surface area contributed by atoms with E-state index in [2.05, 4.69) is 17.6 Å². The molecule has 1 saturated heterocycles. The highest BCUT2D eigenvalue weighted by molar-refractivity contribution is 7.99. The maximum absolute atomic E-state index is 12.8. The Kier molecular flexibility index (Phi) is 10.9. The normalized spacial score (nSPS) is 18.9. The summed E-state index contributed by atoms with van der Waals surface area (Å²) < 4.78 is 24.6. The van der Waals surface area contributed by atoms with Gasteiger partial charge in [0.05, 0.1) is 25.9 Å². The lowest BCUT2D eigenvalue weighted by atomic mass is 9.91. The Hall–Kier alpha value is -4.80. The molecule has 246 valence electrons. The first kappa shape index (κ1) is 33.1. The predicted octanol–water partition coefficient (Wildman–Crippen LogP) is 9.21. The molecular weight excluding hydrogens is 625 g/mol. The lowest BCUT2D eigenvalue weighted by molar-refractivity contribution is -0.268. The molecule has 6 rings (SSSR count). The number of rotatable bonds is 11. The Labute approximate surface area is 285 Å². The second-order valence-electron chi connectivity index (χ2n) is 11.4. The smallest absolute Gasteiger partial charge is 0.323 e. The van der Waals surface area contributed by atoms with Crippen molar-refractivity contribution in [1.29, 1.82) is 0 Å². The Morgan fingerprint density at radius 1 is 0.750 bits per heavy atom. The molecule has 4 atom stereocenters. The number of anilines is 2. The molecule has 3 N–H and O–H groups in total. The lowest BCUT2D eigenvalue weighted by Crippen LogP contribution is -2.38.